The van der Waals surface area contributed by atoms with Crippen LogP contribution >= 0.6 is 7.60 Å². The zero-order valence-corrected chi connectivity index (χ0v) is 16.8. The van der Waals surface area contributed by atoms with E-state index in [1.165, 1.54) is 21.3 Å². The van der Waals surface area contributed by atoms with Crippen LogP contribution in [0.3, 0.4) is 0 Å². The van der Waals surface area contributed by atoms with Crippen molar-refractivity contribution in [2.24, 2.45) is 0 Å². The topological polar surface area (TPSA) is 73.9 Å². The summed E-state index contributed by atoms with van der Waals surface area (Å²) in [5, 5.41) is 3.11. The molecule has 1 atom stereocenters. The Morgan fingerprint density at radius 1 is 0.963 bits per heavy atom. The molecule has 2 aromatic carbocycles. The van der Waals surface area contributed by atoms with Crippen molar-refractivity contribution in [3.63, 3.8) is 0 Å². The third kappa shape index (κ3) is 6.60. The summed E-state index contributed by atoms with van der Waals surface area (Å²) in [6.07, 6.45) is 0.756. The molecular formula is C20H26NO5P. The van der Waals surface area contributed by atoms with Crippen LogP contribution in [0.2, 0.25) is 0 Å². The first-order valence-electron chi connectivity index (χ1n) is 8.64. The Balaban J connectivity index is 2.07. The van der Waals surface area contributed by atoms with E-state index in [9.17, 15) is 9.36 Å². The van der Waals surface area contributed by atoms with Crippen LogP contribution in [0.25, 0.3) is 11.1 Å². The van der Waals surface area contributed by atoms with E-state index in [0.717, 1.165) is 16.7 Å². The van der Waals surface area contributed by atoms with Crippen molar-refractivity contribution in [3.05, 3.63) is 60.2 Å². The minimum atomic E-state index is -3.20. The second-order valence-corrected chi connectivity index (χ2v) is 8.35. The summed E-state index contributed by atoms with van der Waals surface area (Å²) in [7, 11) is 0.821. The maximum Gasteiger partial charge on any atom is 0.343 e. The Hall–Kier alpha value is -1.98. The Labute approximate surface area is 160 Å². The maximum atomic E-state index is 12.2. The minimum absolute atomic E-state index is 0.0176. The number of rotatable bonds is 10. The largest absolute Gasteiger partial charge is 0.469 e. The molecular weight excluding hydrogens is 365 g/mol. The van der Waals surface area contributed by atoms with Crippen LogP contribution in [0.5, 0.6) is 0 Å². The highest BCUT2D eigenvalue weighted by Gasteiger charge is 2.24. The van der Waals surface area contributed by atoms with Crippen molar-refractivity contribution in [1.29, 1.82) is 0 Å². The first-order valence-corrected chi connectivity index (χ1v) is 10.4. The summed E-state index contributed by atoms with van der Waals surface area (Å²) in [4.78, 5) is 11.7. The van der Waals surface area contributed by atoms with Gasteiger partial charge in [0.15, 0.2) is 0 Å². The van der Waals surface area contributed by atoms with Crippen LogP contribution in [0.15, 0.2) is 54.6 Å². The molecule has 0 aliphatic rings. The summed E-state index contributed by atoms with van der Waals surface area (Å²) >= 11 is 0. The van der Waals surface area contributed by atoms with Crippen LogP contribution < -0.4 is 5.32 Å². The highest BCUT2D eigenvalue weighted by atomic mass is 31.2. The predicted octanol–water partition coefficient (Wildman–Crippen LogP) is 3.86. The smallest absolute Gasteiger partial charge is 0.343 e. The highest BCUT2D eigenvalue weighted by Crippen LogP contribution is 2.45. The van der Waals surface area contributed by atoms with Crippen molar-refractivity contribution in [2.75, 3.05) is 27.6 Å². The van der Waals surface area contributed by atoms with Crippen LogP contribution in [0.1, 0.15) is 12.0 Å². The number of nitrogens with one attached hydrogen (secondary N) is 1. The van der Waals surface area contributed by atoms with Crippen molar-refractivity contribution in [2.45, 2.75) is 18.9 Å². The molecule has 27 heavy (non-hydrogen) atoms. The van der Waals surface area contributed by atoms with E-state index in [2.05, 4.69) is 29.6 Å². The number of hydrogen-bond acceptors (Lipinski definition) is 6. The van der Waals surface area contributed by atoms with Gasteiger partial charge in [-0.05, 0) is 23.1 Å². The second kappa shape index (κ2) is 10.4. The average Bonchev–Trinajstić information content (AvgIpc) is 2.72. The quantitative estimate of drug-likeness (QED) is 0.490. The van der Waals surface area contributed by atoms with E-state index in [1.54, 1.807) is 0 Å². The summed E-state index contributed by atoms with van der Waals surface area (Å²) in [5.41, 5.74) is 3.33. The summed E-state index contributed by atoms with van der Waals surface area (Å²) in [6, 6.07) is 18.0. The molecule has 1 N–H and O–H groups in total. The Bertz CT molecular complexity index is 756. The van der Waals surface area contributed by atoms with Crippen molar-refractivity contribution in [1.82, 2.24) is 5.32 Å². The SMILES string of the molecule is COC(=O)C[C@H](Cc1ccc(-c2ccccc2)cc1)NCP(=O)(OC)OC. The lowest BCUT2D eigenvalue weighted by molar-refractivity contribution is -0.141. The molecule has 0 amide bonds. The van der Waals surface area contributed by atoms with Gasteiger partial charge in [0.05, 0.1) is 19.8 Å². The fourth-order valence-corrected chi connectivity index (χ4v) is 3.58. The third-order valence-corrected chi connectivity index (χ3v) is 6.00. The first kappa shape index (κ1) is 21.3. The molecule has 0 aromatic heterocycles. The zero-order valence-electron chi connectivity index (χ0n) is 15.9. The van der Waals surface area contributed by atoms with E-state index in [0.29, 0.717) is 6.42 Å². The van der Waals surface area contributed by atoms with Crippen molar-refractivity contribution < 1.29 is 23.1 Å². The molecule has 0 radical (unpaired) electrons. The van der Waals surface area contributed by atoms with Crippen LogP contribution in [0, 0.1) is 0 Å². The average molecular weight is 391 g/mol. The van der Waals surface area contributed by atoms with Gasteiger partial charge in [0.25, 0.3) is 0 Å². The van der Waals surface area contributed by atoms with Gasteiger partial charge in [-0.25, -0.2) is 0 Å². The third-order valence-electron chi connectivity index (χ3n) is 4.31. The normalized spacial score (nSPS) is 12.6. The molecule has 0 fully saturated rings. The van der Waals surface area contributed by atoms with Gasteiger partial charge < -0.3 is 19.1 Å². The fourth-order valence-electron chi connectivity index (χ4n) is 2.69. The molecule has 0 saturated heterocycles. The highest BCUT2D eigenvalue weighted by molar-refractivity contribution is 7.53. The number of ether oxygens (including phenoxy) is 1. The molecule has 0 bridgehead atoms. The van der Waals surface area contributed by atoms with E-state index >= 15 is 0 Å². The number of benzene rings is 2. The van der Waals surface area contributed by atoms with Gasteiger partial charge in [-0.1, -0.05) is 54.6 Å². The van der Waals surface area contributed by atoms with Crippen LogP contribution in [0.4, 0.5) is 0 Å². The summed E-state index contributed by atoms with van der Waals surface area (Å²) in [5.74, 6) is -0.335. The second-order valence-electron chi connectivity index (χ2n) is 6.08. The van der Waals surface area contributed by atoms with Gasteiger partial charge in [-0.15, -0.1) is 0 Å². The predicted molar refractivity (Wildman–Crippen MR) is 106 cm³/mol. The Morgan fingerprint density at radius 2 is 1.56 bits per heavy atom. The molecule has 146 valence electrons. The Morgan fingerprint density at radius 3 is 2.11 bits per heavy atom. The van der Waals surface area contributed by atoms with Crippen molar-refractivity contribution >= 4 is 13.6 Å². The Kier molecular flexibility index (Phi) is 8.20. The van der Waals surface area contributed by atoms with Gasteiger partial charge in [0, 0.05) is 20.3 Å². The molecule has 2 aromatic rings. The molecule has 0 aliphatic heterocycles. The number of hydrogen-bond donors (Lipinski definition) is 1. The lowest BCUT2D eigenvalue weighted by Crippen LogP contribution is -2.34. The van der Waals surface area contributed by atoms with E-state index in [-0.39, 0.29) is 24.7 Å². The van der Waals surface area contributed by atoms with Gasteiger partial charge in [-0.2, -0.15) is 0 Å². The van der Waals surface area contributed by atoms with Crippen LogP contribution in [-0.4, -0.2) is 39.6 Å². The lowest BCUT2D eigenvalue weighted by atomic mass is 9.99. The van der Waals surface area contributed by atoms with E-state index < -0.39 is 7.60 Å². The van der Waals surface area contributed by atoms with Crippen LogP contribution in [-0.2, 0) is 29.6 Å². The maximum absolute atomic E-state index is 12.2. The molecule has 0 unspecified atom stereocenters. The zero-order chi connectivity index (χ0) is 19.7. The van der Waals surface area contributed by atoms with Gasteiger partial charge in [0.1, 0.15) is 0 Å². The molecule has 0 spiro atoms. The van der Waals surface area contributed by atoms with Gasteiger partial charge >= 0.3 is 13.6 Å². The van der Waals surface area contributed by atoms with Gasteiger partial charge in [0.2, 0.25) is 0 Å². The molecule has 0 saturated carbocycles. The number of carbonyl (C=O) groups is 1. The summed E-state index contributed by atoms with van der Waals surface area (Å²) < 4.78 is 26.9. The van der Waals surface area contributed by atoms with E-state index in [4.69, 9.17) is 13.8 Å². The molecule has 0 aliphatic carbocycles. The lowest BCUT2D eigenvalue weighted by Gasteiger charge is -2.21. The number of methoxy groups -OCH3 is 1. The fraction of sp³-hybridized carbons (Fsp3) is 0.350. The summed E-state index contributed by atoms with van der Waals surface area (Å²) in [6.45, 7) is 0. The first-order chi connectivity index (χ1) is 13.0. The van der Waals surface area contributed by atoms with Gasteiger partial charge in [-0.3, -0.25) is 9.36 Å². The standard InChI is InChI=1S/C20H26NO5P/c1-24-20(22)14-19(21-15-27(23,25-2)26-3)13-16-9-11-18(12-10-16)17-7-5-4-6-8-17/h4-12,19,21H,13-15H2,1-3H3/t19-/m0/s1. The molecule has 2 rings (SSSR count). The number of carbonyl (C=O) groups excluding carboxylic acids is 1. The van der Waals surface area contributed by atoms with E-state index in [1.807, 2.05) is 30.3 Å². The molecule has 0 heterocycles. The molecule has 7 heteroatoms. The molecule has 6 nitrogen and oxygen atoms in total. The minimum Gasteiger partial charge on any atom is -0.469 e. The monoisotopic (exact) mass is 391 g/mol. The number of esters is 1. The van der Waals surface area contributed by atoms with Crippen molar-refractivity contribution in [3.8, 4) is 11.1 Å².